The van der Waals surface area contributed by atoms with Gasteiger partial charge in [0.05, 0.1) is 0 Å². The van der Waals surface area contributed by atoms with Crippen LogP contribution in [0, 0.1) is 5.92 Å². The van der Waals surface area contributed by atoms with Gasteiger partial charge in [0.15, 0.2) is 0 Å². The maximum Gasteiger partial charge on any atom is 0.328 e. The predicted octanol–water partition coefficient (Wildman–Crippen LogP) is 2.65. The number of benzene rings is 1. The standard InChI is InChI=1S/C16H19NO3/c1-11-9-12(2)17(10-11)16(20)14-6-3-13(4-7-14)5-8-15(18)19/h3-8,11-12H,9-10H2,1-2H3,(H,18,19)/b8-5+. The molecule has 1 fully saturated rings. The van der Waals surface area contributed by atoms with Gasteiger partial charge in [-0.2, -0.15) is 0 Å². The lowest BCUT2D eigenvalue weighted by molar-refractivity contribution is -0.131. The monoisotopic (exact) mass is 273 g/mol. The quantitative estimate of drug-likeness (QED) is 0.861. The summed E-state index contributed by atoms with van der Waals surface area (Å²) in [4.78, 5) is 24.7. The Morgan fingerprint density at radius 3 is 2.40 bits per heavy atom. The summed E-state index contributed by atoms with van der Waals surface area (Å²) < 4.78 is 0. The number of aliphatic carboxylic acids is 1. The molecule has 1 amide bonds. The second-order valence-corrected chi connectivity index (χ2v) is 5.44. The largest absolute Gasteiger partial charge is 0.478 e. The van der Waals surface area contributed by atoms with Gasteiger partial charge in [0.25, 0.3) is 5.91 Å². The van der Waals surface area contributed by atoms with Crippen LogP contribution in [-0.2, 0) is 4.79 Å². The number of nitrogens with zero attached hydrogens (tertiary/aromatic N) is 1. The maximum atomic E-state index is 12.4. The number of likely N-dealkylation sites (tertiary alicyclic amines) is 1. The molecule has 4 nitrogen and oxygen atoms in total. The van der Waals surface area contributed by atoms with E-state index in [4.69, 9.17) is 5.11 Å². The summed E-state index contributed by atoms with van der Waals surface area (Å²) in [6, 6.07) is 7.30. The van der Waals surface area contributed by atoms with Crippen molar-refractivity contribution in [3.8, 4) is 0 Å². The van der Waals surface area contributed by atoms with E-state index in [0.29, 0.717) is 11.5 Å². The van der Waals surface area contributed by atoms with Gasteiger partial charge in [-0.25, -0.2) is 4.79 Å². The molecule has 1 saturated heterocycles. The zero-order valence-electron chi connectivity index (χ0n) is 11.7. The fourth-order valence-electron chi connectivity index (χ4n) is 2.65. The zero-order valence-corrected chi connectivity index (χ0v) is 11.7. The lowest BCUT2D eigenvalue weighted by atomic mass is 10.1. The molecule has 1 aromatic rings. The summed E-state index contributed by atoms with van der Waals surface area (Å²) in [6.45, 7) is 5.04. The van der Waals surface area contributed by atoms with E-state index in [1.807, 2.05) is 4.90 Å². The highest BCUT2D eigenvalue weighted by Crippen LogP contribution is 2.24. The van der Waals surface area contributed by atoms with E-state index in [2.05, 4.69) is 13.8 Å². The molecule has 4 heteroatoms. The van der Waals surface area contributed by atoms with Crippen molar-refractivity contribution in [1.82, 2.24) is 4.90 Å². The molecule has 106 valence electrons. The fraction of sp³-hybridized carbons (Fsp3) is 0.375. The Morgan fingerprint density at radius 2 is 1.90 bits per heavy atom. The van der Waals surface area contributed by atoms with E-state index < -0.39 is 5.97 Å². The van der Waals surface area contributed by atoms with E-state index in [-0.39, 0.29) is 11.9 Å². The van der Waals surface area contributed by atoms with E-state index in [1.165, 1.54) is 6.08 Å². The minimum absolute atomic E-state index is 0.0515. The van der Waals surface area contributed by atoms with Crippen molar-refractivity contribution in [2.45, 2.75) is 26.3 Å². The molecule has 0 saturated carbocycles. The number of hydrogen-bond donors (Lipinski definition) is 1. The molecule has 1 aromatic carbocycles. The SMILES string of the molecule is CC1CC(C)N(C(=O)c2ccc(/C=C/C(=O)O)cc2)C1. The molecule has 0 bridgehead atoms. The van der Waals surface area contributed by atoms with Gasteiger partial charge in [0.2, 0.25) is 0 Å². The van der Waals surface area contributed by atoms with Gasteiger partial charge >= 0.3 is 5.97 Å². The summed E-state index contributed by atoms with van der Waals surface area (Å²) in [5.41, 5.74) is 1.42. The van der Waals surface area contributed by atoms with Crippen LogP contribution in [0.5, 0.6) is 0 Å². The zero-order chi connectivity index (χ0) is 14.7. The Labute approximate surface area is 118 Å². The Balaban J connectivity index is 2.10. The molecule has 20 heavy (non-hydrogen) atoms. The Kier molecular flexibility index (Phi) is 4.23. The van der Waals surface area contributed by atoms with E-state index in [9.17, 15) is 9.59 Å². The summed E-state index contributed by atoms with van der Waals surface area (Å²) in [5, 5.41) is 8.57. The first-order valence-electron chi connectivity index (χ1n) is 6.79. The molecule has 2 rings (SSSR count). The topological polar surface area (TPSA) is 57.6 Å². The molecule has 1 N–H and O–H groups in total. The Morgan fingerprint density at radius 1 is 1.25 bits per heavy atom. The molecule has 0 aromatic heterocycles. The third-order valence-corrected chi connectivity index (χ3v) is 3.62. The average molecular weight is 273 g/mol. The predicted molar refractivity (Wildman–Crippen MR) is 77.4 cm³/mol. The summed E-state index contributed by atoms with van der Waals surface area (Å²) in [5.74, 6) is -0.382. The lowest BCUT2D eigenvalue weighted by Crippen LogP contribution is -2.33. The molecule has 2 unspecified atom stereocenters. The molecule has 1 heterocycles. The molecular weight excluding hydrogens is 254 g/mol. The van der Waals surface area contributed by atoms with Crippen LogP contribution in [0.3, 0.4) is 0 Å². The van der Waals surface area contributed by atoms with Crippen molar-refractivity contribution in [1.29, 1.82) is 0 Å². The first kappa shape index (κ1) is 14.3. The second-order valence-electron chi connectivity index (χ2n) is 5.44. The fourth-order valence-corrected chi connectivity index (χ4v) is 2.65. The van der Waals surface area contributed by atoms with Crippen molar-refractivity contribution >= 4 is 18.0 Å². The van der Waals surface area contributed by atoms with E-state index >= 15 is 0 Å². The third-order valence-electron chi connectivity index (χ3n) is 3.62. The van der Waals surface area contributed by atoms with Crippen LogP contribution in [0.4, 0.5) is 0 Å². The number of carboxylic acids is 1. The van der Waals surface area contributed by atoms with Gasteiger partial charge in [-0.05, 0) is 43.0 Å². The van der Waals surface area contributed by atoms with Crippen molar-refractivity contribution in [2.75, 3.05) is 6.54 Å². The van der Waals surface area contributed by atoms with Crippen LogP contribution in [-0.4, -0.2) is 34.5 Å². The minimum Gasteiger partial charge on any atom is -0.478 e. The number of amides is 1. The van der Waals surface area contributed by atoms with Gasteiger partial charge < -0.3 is 10.0 Å². The van der Waals surface area contributed by atoms with Crippen molar-refractivity contribution in [3.05, 3.63) is 41.5 Å². The van der Waals surface area contributed by atoms with Gasteiger partial charge in [-0.1, -0.05) is 19.1 Å². The van der Waals surface area contributed by atoms with Crippen LogP contribution in [0.1, 0.15) is 36.2 Å². The van der Waals surface area contributed by atoms with Crippen molar-refractivity contribution < 1.29 is 14.7 Å². The summed E-state index contributed by atoms with van der Waals surface area (Å²) in [6.07, 6.45) is 3.64. The van der Waals surface area contributed by atoms with Crippen LogP contribution < -0.4 is 0 Å². The molecule has 1 aliphatic rings. The molecular formula is C16H19NO3. The average Bonchev–Trinajstić information content (AvgIpc) is 2.75. The van der Waals surface area contributed by atoms with Gasteiger partial charge in [0.1, 0.15) is 0 Å². The van der Waals surface area contributed by atoms with Crippen LogP contribution in [0.2, 0.25) is 0 Å². The van der Waals surface area contributed by atoms with Crippen molar-refractivity contribution in [2.24, 2.45) is 5.92 Å². The number of carbonyl (C=O) groups excluding carboxylic acids is 1. The highest BCUT2D eigenvalue weighted by molar-refractivity contribution is 5.95. The van der Waals surface area contributed by atoms with Crippen LogP contribution >= 0.6 is 0 Å². The number of carboxylic acid groups (broad SMARTS) is 1. The molecule has 0 radical (unpaired) electrons. The first-order chi connectivity index (χ1) is 9.47. The molecule has 0 spiro atoms. The highest BCUT2D eigenvalue weighted by Gasteiger charge is 2.30. The Hall–Kier alpha value is -2.10. The number of rotatable bonds is 3. The Bertz CT molecular complexity index is 533. The number of carbonyl (C=O) groups is 2. The maximum absolute atomic E-state index is 12.4. The summed E-state index contributed by atoms with van der Waals surface area (Å²) in [7, 11) is 0. The molecule has 0 aliphatic carbocycles. The lowest BCUT2D eigenvalue weighted by Gasteiger charge is -2.21. The first-order valence-corrected chi connectivity index (χ1v) is 6.79. The van der Waals surface area contributed by atoms with Gasteiger partial charge in [0, 0.05) is 24.2 Å². The normalized spacial score (nSPS) is 22.4. The van der Waals surface area contributed by atoms with Gasteiger partial charge in [-0.3, -0.25) is 4.79 Å². The van der Waals surface area contributed by atoms with Gasteiger partial charge in [-0.15, -0.1) is 0 Å². The van der Waals surface area contributed by atoms with Crippen molar-refractivity contribution in [3.63, 3.8) is 0 Å². The highest BCUT2D eigenvalue weighted by atomic mass is 16.4. The second kappa shape index (κ2) is 5.90. The molecule has 2 atom stereocenters. The van der Waals surface area contributed by atoms with Crippen LogP contribution in [0.15, 0.2) is 30.3 Å². The van der Waals surface area contributed by atoms with E-state index in [0.717, 1.165) is 24.6 Å². The molecule has 1 aliphatic heterocycles. The third kappa shape index (κ3) is 3.26. The van der Waals surface area contributed by atoms with Crippen LogP contribution in [0.25, 0.3) is 6.08 Å². The minimum atomic E-state index is -0.981. The van der Waals surface area contributed by atoms with E-state index in [1.54, 1.807) is 24.3 Å². The smallest absolute Gasteiger partial charge is 0.328 e. The number of hydrogen-bond acceptors (Lipinski definition) is 2. The summed E-state index contributed by atoms with van der Waals surface area (Å²) >= 11 is 0.